The molecule has 0 aromatic heterocycles. The van der Waals surface area contributed by atoms with Gasteiger partial charge in [0.15, 0.2) is 0 Å². The predicted octanol–water partition coefficient (Wildman–Crippen LogP) is 4.67. The molecule has 0 aliphatic heterocycles. The molecule has 0 atom stereocenters. The Kier molecular flexibility index (Phi) is 6.12. The number of sulfonamides is 1. The number of aryl methyl sites for hydroxylation is 2. The van der Waals surface area contributed by atoms with Crippen LogP contribution in [0.4, 0.5) is 11.4 Å². The molecule has 0 saturated heterocycles. The lowest BCUT2D eigenvalue weighted by molar-refractivity contribution is 0.102. The Morgan fingerprint density at radius 2 is 1.53 bits per heavy atom. The Morgan fingerprint density at radius 3 is 2.20 bits per heavy atom. The first kappa shape index (κ1) is 21.4. The number of methoxy groups -OCH3 is 1. The van der Waals surface area contributed by atoms with E-state index in [1.807, 2.05) is 26.0 Å². The van der Waals surface area contributed by atoms with Crippen LogP contribution in [0.25, 0.3) is 0 Å². The Morgan fingerprint density at radius 1 is 0.867 bits per heavy atom. The van der Waals surface area contributed by atoms with Crippen molar-refractivity contribution in [2.75, 3.05) is 17.1 Å². The molecule has 3 aromatic carbocycles. The Hall–Kier alpha value is -3.32. The second-order valence-corrected chi connectivity index (χ2v) is 8.74. The topological polar surface area (TPSA) is 84.5 Å². The highest BCUT2D eigenvalue weighted by atomic mass is 32.2. The van der Waals surface area contributed by atoms with Crippen molar-refractivity contribution in [3.63, 3.8) is 0 Å². The van der Waals surface area contributed by atoms with Gasteiger partial charge in [-0.3, -0.25) is 9.52 Å². The largest absolute Gasteiger partial charge is 0.495 e. The van der Waals surface area contributed by atoms with Crippen LogP contribution >= 0.6 is 0 Å². The highest BCUT2D eigenvalue weighted by Crippen LogP contribution is 2.28. The molecular formula is C23H24N2O4S. The quantitative estimate of drug-likeness (QED) is 0.602. The van der Waals surface area contributed by atoms with E-state index in [0.717, 1.165) is 11.1 Å². The predicted molar refractivity (Wildman–Crippen MR) is 119 cm³/mol. The molecule has 3 rings (SSSR count). The molecule has 0 fully saturated rings. The smallest absolute Gasteiger partial charge is 0.261 e. The van der Waals surface area contributed by atoms with Crippen LogP contribution in [0.2, 0.25) is 0 Å². The average molecular weight is 425 g/mol. The lowest BCUT2D eigenvalue weighted by Crippen LogP contribution is -2.17. The number of ether oxygens (including phenoxy) is 1. The molecule has 1 amide bonds. The molecule has 0 radical (unpaired) electrons. The van der Waals surface area contributed by atoms with E-state index in [1.165, 1.54) is 7.11 Å². The highest BCUT2D eigenvalue weighted by molar-refractivity contribution is 7.92. The van der Waals surface area contributed by atoms with Gasteiger partial charge in [0, 0.05) is 5.56 Å². The molecule has 0 spiro atoms. The summed E-state index contributed by atoms with van der Waals surface area (Å²) in [7, 11) is -2.24. The summed E-state index contributed by atoms with van der Waals surface area (Å²) in [5.41, 5.74) is 3.73. The molecule has 0 unspecified atom stereocenters. The number of benzene rings is 3. The van der Waals surface area contributed by atoms with Gasteiger partial charge in [0.2, 0.25) is 0 Å². The van der Waals surface area contributed by atoms with Gasteiger partial charge in [-0.1, -0.05) is 29.8 Å². The van der Waals surface area contributed by atoms with E-state index in [4.69, 9.17) is 4.74 Å². The van der Waals surface area contributed by atoms with E-state index in [0.29, 0.717) is 28.3 Å². The number of nitrogens with one attached hydrogen (secondary N) is 2. The lowest BCUT2D eigenvalue weighted by Gasteiger charge is -2.15. The van der Waals surface area contributed by atoms with Crippen molar-refractivity contribution in [1.82, 2.24) is 0 Å². The van der Waals surface area contributed by atoms with E-state index < -0.39 is 10.0 Å². The summed E-state index contributed by atoms with van der Waals surface area (Å²) < 4.78 is 33.3. The minimum atomic E-state index is -3.77. The van der Waals surface area contributed by atoms with Crippen molar-refractivity contribution in [1.29, 1.82) is 0 Å². The number of anilines is 2. The molecule has 7 heteroatoms. The molecule has 0 aliphatic carbocycles. The number of amides is 1. The summed E-state index contributed by atoms with van der Waals surface area (Å²) in [6, 6.07) is 17.0. The maximum atomic E-state index is 12.9. The summed E-state index contributed by atoms with van der Waals surface area (Å²) in [5, 5.41) is 2.85. The SMILES string of the molecule is COc1ccc(C)cc1NC(=O)c1cccc(NS(=O)(=O)c2ccc(C)cc2)c1C. The van der Waals surface area contributed by atoms with Crippen LogP contribution in [0.3, 0.4) is 0 Å². The number of rotatable bonds is 6. The Labute approximate surface area is 177 Å². The van der Waals surface area contributed by atoms with Crippen LogP contribution in [0.15, 0.2) is 65.6 Å². The Balaban J connectivity index is 1.89. The van der Waals surface area contributed by atoms with E-state index in [9.17, 15) is 13.2 Å². The Bertz CT molecular complexity index is 1190. The van der Waals surface area contributed by atoms with Gasteiger partial charge in [-0.25, -0.2) is 8.42 Å². The van der Waals surface area contributed by atoms with E-state index in [2.05, 4.69) is 10.0 Å². The van der Waals surface area contributed by atoms with Crippen LogP contribution in [0, 0.1) is 20.8 Å². The van der Waals surface area contributed by atoms with Gasteiger partial charge in [-0.15, -0.1) is 0 Å². The van der Waals surface area contributed by atoms with E-state index in [1.54, 1.807) is 55.5 Å². The van der Waals surface area contributed by atoms with Gasteiger partial charge >= 0.3 is 0 Å². The third-order valence-electron chi connectivity index (χ3n) is 4.76. The van der Waals surface area contributed by atoms with Gasteiger partial charge in [0.05, 0.1) is 23.4 Å². The number of carbonyl (C=O) groups is 1. The first-order valence-corrected chi connectivity index (χ1v) is 10.8. The van der Waals surface area contributed by atoms with Crippen molar-refractivity contribution >= 4 is 27.3 Å². The summed E-state index contributed by atoms with van der Waals surface area (Å²) in [4.78, 5) is 13.1. The van der Waals surface area contributed by atoms with Gasteiger partial charge in [-0.2, -0.15) is 0 Å². The molecular weight excluding hydrogens is 400 g/mol. The van der Waals surface area contributed by atoms with Gasteiger partial charge < -0.3 is 10.1 Å². The monoisotopic (exact) mass is 424 g/mol. The van der Waals surface area contributed by atoms with E-state index >= 15 is 0 Å². The summed E-state index contributed by atoms with van der Waals surface area (Å²) in [5.74, 6) is 0.190. The van der Waals surface area contributed by atoms with Crippen LogP contribution < -0.4 is 14.8 Å². The molecule has 0 heterocycles. The minimum Gasteiger partial charge on any atom is -0.495 e. The fourth-order valence-electron chi connectivity index (χ4n) is 3.02. The molecule has 3 aromatic rings. The fourth-order valence-corrected chi connectivity index (χ4v) is 4.15. The van der Waals surface area contributed by atoms with Gasteiger partial charge in [-0.05, 0) is 68.3 Å². The molecule has 156 valence electrons. The molecule has 6 nitrogen and oxygen atoms in total. The summed E-state index contributed by atoms with van der Waals surface area (Å²) >= 11 is 0. The third-order valence-corrected chi connectivity index (χ3v) is 6.14. The van der Waals surface area contributed by atoms with Crippen LogP contribution in [0.5, 0.6) is 5.75 Å². The zero-order valence-corrected chi connectivity index (χ0v) is 18.1. The fraction of sp³-hybridized carbons (Fsp3) is 0.174. The average Bonchev–Trinajstić information content (AvgIpc) is 2.70. The summed E-state index contributed by atoms with van der Waals surface area (Å²) in [6.45, 7) is 5.51. The summed E-state index contributed by atoms with van der Waals surface area (Å²) in [6.07, 6.45) is 0. The van der Waals surface area contributed by atoms with Crippen molar-refractivity contribution in [3.05, 3.63) is 82.9 Å². The van der Waals surface area contributed by atoms with Crippen molar-refractivity contribution in [2.45, 2.75) is 25.7 Å². The van der Waals surface area contributed by atoms with Crippen LogP contribution in [0.1, 0.15) is 27.0 Å². The molecule has 2 N–H and O–H groups in total. The van der Waals surface area contributed by atoms with Gasteiger partial charge in [0.25, 0.3) is 15.9 Å². The van der Waals surface area contributed by atoms with Crippen molar-refractivity contribution in [2.24, 2.45) is 0 Å². The van der Waals surface area contributed by atoms with Gasteiger partial charge in [0.1, 0.15) is 5.75 Å². The highest BCUT2D eigenvalue weighted by Gasteiger charge is 2.19. The maximum absolute atomic E-state index is 12.9. The normalized spacial score (nSPS) is 11.1. The number of hydrogen-bond donors (Lipinski definition) is 2. The standard InChI is InChI=1S/C23H24N2O4S/c1-15-8-11-18(12-9-15)30(27,28)25-20-7-5-6-19(17(20)3)23(26)24-21-14-16(2)10-13-22(21)29-4/h5-14,25H,1-4H3,(H,24,26). The first-order chi connectivity index (χ1) is 14.2. The number of carbonyl (C=O) groups excluding carboxylic acids is 1. The third kappa shape index (κ3) is 4.63. The van der Waals surface area contributed by atoms with E-state index in [-0.39, 0.29) is 10.8 Å². The minimum absolute atomic E-state index is 0.159. The zero-order valence-electron chi connectivity index (χ0n) is 17.3. The van der Waals surface area contributed by atoms with Crippen LogP contribution in [-0.4, -0.2) is 21.4 Å². The number of hydrogen-bond acceptors (Lipinski definition) is 4. The molecule has 0 bridgehead atoms. The zero-order chi connectivity index (χ0) is 21.9. The maximum Gasteiger partial charge on any atom is 0.261 e. The second kappa shape index (κ2) is 8.59. The van der Waals surface area contributed by atoms with Crippen molar-refractivity contribution in [3.8, 4) is 5.75 Å². The molecule has 0 saturated carbocycles. The molecule has 30 heavy (non-hydrogen) atoms. The second-order valence-electron chi connectivity index (χ2n) is 7.05. The molecule has 0 aliphatic rings. The first-order valence-electron chi connectivity index (χ1n) is 9.36. The van der Waals surface area contributed by atoms with Crippen molar-refractivity contribution < 1.29 is 17.9 Å². The van der Waals surface area contributed by atoms with Crippen LogP contribution in [-0.2, 0) is 10.0 Å². The lowest BCUT2D eigenvalue weighted by atomic mass is 10.1.